The van der Waals surface area contributed by atoms with Crippen LogP contribution in [0.4, 0.5) is 0 Å². The summed E-state index contributed by atoms with van der Waals surface area (Å²) >= 11 is 0. The SMILES string of the molecule is CN=C(NCCCCC1CCCC1)NCc1ccc(S(C)(=O)=O)cc1. The average molecular weight is 366 g/mol. The molecule has 0 spiro atoms. The van der Waals surface area contributed by atoms with E-state index in [1.165, 1.54) is 51.2 Å². The second-order valence-corrected chi connectivity index (χ2v) is 8.93. The summed E-state index contributed by atoms with van der Waals surface area (Å²) < 4.78 is 22.9. The van der Waals surface area contributed by atoms with Gasteiger partial charge in [0.2, 0.25) is 0 Å². The molecule has 2 N–H and O–H groups in total. The lowest BCUT2D eigenvalue weighted by Crippen LogP contribution is -2.37. The molecule has 25 heavy (non-hydrogen) atoms. The maximum atomic E-state index is 11.5. The highest BCUT2D eigenvalue weighted by Crippen LogP contribution is 2.28. The molecule has 140 valence electrons. The van der Waals surface area contributed by atoms with E-state index in [0.29, 0.717) is 11.4 Å². The molecular formula is C19H31N3O2S. The molecule has 1 aromatic rings. The Morgan fingerprint density at radius 1 is 1.12 bits per heavy atom. The van der Waals surface area contributed by atoms with Crippen LogP contribution in [0.5, 0.6) is 0 Å². The first-order valence-corrected chi connectivity index (χ1v) is 11.1. The standard InChI is InChI=1S/C19H31N3O2S/c1-20-19(21-14-6-5-9-16-7-3-4-8-16)22-15-17-10-12-18(13-11-17)25(2,23)24/h10-13,16H,3-9,14-15H2,1-2H3,(H2,20,21,22). The van der Waals surface area contributed by atoms with Gasteiger partial charge in [0.1, 0.15) is 0 Å². The van der Waals surface area contributed by atoms with E-state index >= 15 is 0 Å². The van der Waals surface area contributed by atoms with E-state index < -0.39 is 9.84 Å². The van der Waals surface area contributed by atoms with E-state index in [2.05, 4.69) is 15.6 Å². The highest BCUT2D eigenvalue weighted by molar-refractivity contribution is 7.90. The van der Waals surface area contributed by atoms with Crippen LogP contribution in [-0.4, -0.2) is 34.2 Å². The van der Waals surface area contributed by atoms with E-state index in [-0.39, 0.29) is 0 Å². The minimum atomic E-state index is -3.14. The summed E-state index contributed by atoms with van der Waals surface area (Å²) in [5.74, 6) is 1.75. The van der Waals surface area contributed by atoms with Crippen molar-refractivity contribution in [2.75, 3.05) is 19.8 Å². The van der Waals surface area contributed by atoms with Crippen LogP contribution in [0.3, 0.4) is 0 Å². The normalized spacial score (nSPS) is 16.2. The van der Waals surface area contributed by atoms with Gasteiger partial charge in [-0.2, -0.15) is 0 Å². The molecule has 1 aliphatic rings. The Bertz CT molecular complexity index is 648. The largest absolute Gasteiger partial charge is 0.356 e. The fourth-order valence-electron chi connectivity index (χ4n) is 3.32. The number of guanidine groups is 1. The van der Waals surface area contributed by atoms with Crippen LogP contribution in [0.25, 0.3) is 0 Å². The lowest BCUT2D eigenvalue weighted by molar-refractivity contribution is 0.472. The molecule has 0 amide bonds. The molecule has 1 saturated carbocycles. The van der Waals surface area contributed by atoms with Gasteiger partial charge in [0, 0.05) is 26.4 Å². The number of nitrogens with one attached hydrogen (secondary N) is 2. The third kappa shape index (κ3) is 7.06. The molecular weight excluding hydrogens is 334 g/mol. The van der Waals surface area contributed by atoms with Crippen LogP contribution < -0.4 is 10.6 Å². The molecule has 2 rings (SSSR count). The van der Waals surface area contributed by atoms with Crippen LogP contribution >= 0.6 is 0 Å². The Morgan fingerprint density at radius 3 is 2.40 bits per heavy atom. The van der Waals surface area contributed by atoms with Gasteiger partial charge in [0.15, 0.2) is 15.8 Å². The zero-order chi connectivity index (χ0) is 18.1. The summed E-state index contributed by atoms with van der Waals surface area (Å²) in [5, 5.41) is 6.61. The summed E-state index contributed by atoms with van der Waals surface area (Å²) in [5.41, 5.74) is 1.02. The van der Waals surface area contributed by atoms with Gasteiger partial charge >= 0.3 is 0 Å². The van der Waals surface area contributed by atoms with E-state index in [1.54, 1.807) is 19.2 Å². The molecule has 0 radical (unpaired) electrons. The van der Waals surface area contributed by atoms with E-state index in [4.69, 9.17) is 0 Å². The van der Waals surface area contributed by atoms with Gasteiger partial charge in [-0.05, 0) is 30.0 Å². The quantitative estimate of drug-likeness (QED) is 0.422. The molecule has 1 aromatic carbocycles. The fraction of sp³-hybridized carbons (Fsp3) is 0.632. The van der Waals surface area contributed by atoms with Crippen molar-refractivity contribution in [2.24, 2.45) is 10.9 Å². The third-order valence-corrected chi connectivity index (χ3v) is 5.97. The predicted octanol–water partition coefficient (Wildman–Crippen LogP) is 3.12. The van der Waals surface area contributed by atoms with Crippen molar-refractivity contribution in [3.63, 3.8) is 0 Å². The lowest BCUT2D eigenvalue weighted by atomic mass is 10.0. The van der Waals surface area contributed by atoms with Crippen molar-refractivity contribution in [1.82, 2.24) is 10.6 Å². The Hall–Kier alpha value is -1.56. The highest BCUT2D eigenvalue weighted by atomic mass is 32.2. The van der Waals surface area contributed by atoms with Gasteiger partial charge in [0.05, 0.1) is 4.90 Å². The summed E-state index contributed by atoms with van der Waals surface area (Å²) in [7, 11) is -1.37. The average Bonchev–Trinajstić information content (AvgIpc) is 3.10. The molecule has 0 unspecified atom stereocenters. The molecule has 0 aliphatic heterocycles. The Balaban J connectivity index is 1.65. The molecule has 0 atom stereocenters. The minimum absolute atomic E-state index is 0.348. The maximum Gasteiger partial charge on any atom is 0.191 e. The summed E-state index contributed by atoms with van der Waals surface area (Å²) in [6, 6.07) is 6.95. The Kier molecular flexibility index (Phi) is 7.75. The number of hydrogen-bond donors (Lipinski definition) is 2. The van der Waals surface area contributed by atoms with Gasteiger partial charge in [-0.25, -0.2) is 8.42 Å². The van der Waals surface area contributed by atoms with E-state index in [1.807, 2.05) is 12.1 Å². The molecule has 0 heterocycles. The van der Waals surface area contributed by atoms with Crippen molar-refractivity contribution in [3.05, 3.63) is 29.8 Å². The van der Waals surface area contributed by atoms with Gasteiger partial charge < -0.3 is 10.6 Å². The molecule has 1 aliphatic carbocycles. The monoisotopic (exact) mass is 365 g/mol. The van der Waals surface area contributed by atoms with Crippen LogP contribution in [0.1, 0.15) is 50.5 Å². The molecule has 1 fully saturated rings. The molecule has 0 saturated heterocycles. The van der Waals surface area contributed by atoms with Crippen molar-refractivity contribution >= 4 is 15.8 Å². The smallest absolute Gasteiger partial charge is 0.191 e. The molecule has 0 bridgehead atoms. The molecule has 0 aromatic heterocycles. The first kappa shape index (κ1) is 19.8. The summed E-state index contributed by atoms with van der Waals surface area (Å²) in [6.45, 7) is 1.55. The van der Waals surface area contributed by atoms with Gasteiger partial charge in [0.25, 0.3) is 0 Å². The number of nitrogens with zero attached hydrogens (tertiary/aromatic N) is 1. The van der Waals surface area contributed by atoms with Crippen molar-refractivity contribution in [3.8, 4) is 0 Å². The number of rotatable bonds is 8. The first-order valence-electron chi connectivity index (χ1n) is 9.22. The van der Waals surface area contributed by atoms with Crippen molar-refractivity contribution < 1.29 is 8.42 Å². The van der Waals surface area contributed by atoms with Crippen molar-refractivity contribution in [1.29, 1.82) is 0 Å². The van der Waals surface area contributed by atoms with Crippen LogP contribution in [0, 0.1) is 5.92 Å². The van der Waals surface area contributed by atoms with Crippen LogP contribution in [0.2, 0.25) is 0 Å². The van der Waals surface area contributed by atoms with Gasteiger partial charge in [-0.15, -0.1) is 0 Å². The number of sulfone groups is 1. The number of unbranched alkanes of at least 4 members (excludes halogenated alkanes) is 1. The maximum absolute atomic E-state index is 11.5. The van der Waals surface area contributed by atoms with E-state index in [0.717, 1.165) is 24.0 Å². The molecule has 6 heteroatoms. The van der Waals surface area contributed by atoms with Gasteiger partial charge in [-0.3, -0.25) is 4.99 Å². The van der Waals surface area contributed by atoms with Crippen LogP contribution in [-0.2, 0) is 16.4 Å². The Morgan fingerprint density at radius 2 is 1.80 bits per heavy atom. The summed E-state index contributed by atoms with van der Waals surface area (Å²) in [4.78, 5) is 4.58. The van der Waals surface area contributed by atoms with Gasteiger partial charge in [-0.1, -0.05) is 50.7 Å². The predicted molar refractivity (Wildman–Crippen MR) is 104 cm³/mol. The minimum Gasteiger partial charge on any atom is -0.356 e. The van der Waals surface area contributed by atoms with Crippen molar-refractivity contribution in [2.45, 2.75) is 56.4 Å². The Labute approximate surface area is 152 Å². The molecule has 5 nitrogen and oxygen atoms in total. The topological polar surface area (TPSA) is 70.6 Å². The lowest BCUT2D eigenvalue weighted by Gasteiger charge is -2.13. The van der Waals surface area contributed by atoms with E-state index in [9.17, 15) is 8.42 Å². The third-order valence-electron chi connectivity index (χ3n) is 4.84. The zero-order valence-corrected chi connectivity index (χ0v) is 16.2. The fourth-order valence-corrected chi connectivity index (χ4v) is 3.96. The number of hydrogen-bond acceptors (Lipinski definition) is 3. The zero-order valence-electron chi connectivity index (χ0n) is 15.4. The van der Waals surface area contributed by atoms with Crippen LogP contribution in [0.15, 0.2) is 34.2 Å². The first-order chi connectivity index (χ1) is 12.0. The number of aliphatic imine (C=N–C) groups is 1. The second kappa shape index (κ2) is 9.80. The second-order valence-electron chi connectivity index (χ2n) is 6.91. The number of benzene rings is 1. The summed E-state index contributed by atoms with van der Waals surface area (Å²) in [6.07, 6.45) is 10.7. The highest BCUT2D eigenvalue weighted by Gasteiger charge is 2.13.